The molecule has 1 unspecified atom stereocenters. The van der Waals surface area contributed by atoms with Crippen molar-refractivity contribution in [2.45, 2.75) is 26.3 Å². The highest BCUT2D eigenvalue weighted by atomic mass is 16.5. The van der Waals surface area contributed by atoms with E-state index in [4.69, 9.17) is 10.5 Å². The van der Waals surface area contributed by atoms with Crippen LogP contribution in [0.1, 0.15) is 18.2 Å². The Hall–Kier alpha value is -1.81. The van der Waals surface area contributed by atoms with Gasteiger partial charge in [-0.2, -0.15) is 0 Å². The molecule has 1 aromatic carbocycles. The van der Waals surface area contributed by atoms with Crippen molar-refractivity contribution in [1.29, 1.82) is 0 Å². The third-order valence-electron chi connectivity index (χ3n) is 3.32. The van der Waals surface area contributed by atoms with Gasteiger partial charge >= 0.3 is 5.97 Å². The molecule has 0 radical (unpaired) electrons. The van der Waals surface area contributed by atoms with Gasteiger partial charge in [0.2, 0.25) is 0 Å². The maximum absolute atomic E-state index is 11.6. The van der Waals surface area contributed by atoms with Crippen LogP contribution in [-0.4, -0.2) is 23.2 Å². The number of esters is 1. The lowest BCUT2D eigenvalue weighted by molar-refractivity contribution is -0.144. The van der Waals surface area contributed by atoms with Crippen LogP contribution >= 0.6 is 0 Å². The lowest BCUT2D eigenvalue weighted by Crippen LogP contribution is -2.34. The second-order valence-corrected chi connectivity index (χ2v) is 4.82. The first kappa shape index (κ1) is 13.6. The highest BCUT2D eigenvalue weighted by Crippen LogP contribution is 2.21. The summed E-state index contributed by atoms with van der Waals surface area (Å²) in [5, 5.41) is 1.17. The summed E-state index contributed by atoms with van der Waals surface area (Å²) in [5.74, 6) is -0.344. The standard InChI is InChI=1S/C15H20N2O2/c1-4-19-15(18)13(16)9-12-8-11-7-10(2)5-6-14(11)17(12)3/h5-8,13H,4,9,16H2,1-3H3. The second-order valence-electron chi connectivity index (χ2n) is 4.82. The molecule has 2 aromatic rings. The predicted molar refractivity (Wildman–Crippen MR) is 76.0 cm³/mol. The Labute approximate surface area is 113 Å². The van der Waals surface area contributed by atoms with Crippen LogP contribution in [0.25, 0.3) is 10.9 Å². The van der Waals surface area contributed by atoms with Crippen molar-refractivity contribution >= 4 is 16.9 Å². The smallest absolute Gasteiger partial charge is 0.323 e. The van der Waals surface area contributed by atoms with Gasteiger partial charge in [-0.25, -0.2) is 0 Å². The van der Waals surface area contributed by atoms with E-state index in [1.165, 1.54) is 10.9 Å². The van der Waals surface area contributed by atoms with Crippen molar-refractivity contribution in [3.05, 3.63) is 35.5 Å². The Balaban J connectivity index is 2.26. The third kappa shape index (κ3) is 2.79. The Morgan fingerprint density at radius 1 is 1.42 bits per heavy atom. The van der Waals surface area contributed by atoms with Crippen LogP contribution in [0.15, 0.2) is 24.3 Å². The lowest BCUT2D eigenvalue weighted by Gasteiger charge is -2.11. The summed E-state index contributed by atoms with van der Waals surface area (Å²) in [5.41, 5.74) is 9.28. The van der Waals surface area contributed by atoms with E-state index in [9.17, 15) is 4.79 Å². The summed E-state index contributed by atoms with van der Waals surface area (Å²) in [6.07, 6.45) is 0.489. The summed E-state index contributed by atoms with van der Waals surface area (Å²) in [7, 11) is 1.99. The number of aryl methyl sites for hydroxylation is 2. The van der Waals surface area contributed by atoms with Crippen LogP contribution in [0.3, 0.4) is 0 Å². The number of nitrogens with zero attached hydrogens (tertiary/aromatic N) is 1. The number of ether oxygens (including phenoxy) is 1. The van der Waals surface area contributed by atoms with E-state index in [-0.39, 0.29) is 5.97 Å². The van der Waals surface area contributed by atoms with Gasteiger partial charge in [-0.15, -0.1) is 0 Å². The van der Waals surface area contributed by atoms with E-state index in [2.05, 4.69) is 35.8 Å². The van der Waals surface area contributed by atoms with E-state index < -0.39 is 6.04 Å². The molecule has 1 atom stereocenters. The van der Waals surface area contributed by atoms with Crippen molar-refractivity contribution in [2.75, 3.05) is 6.61 Å². The molecule has 102 valence electrons. The molecule has 19 heavy (non-hydrogen) atoms. The van der Waals surface area contributed by atoms with Gasteiger partial charge in [0, 0.05) is 30.1 Å². The van der Waals surface area contributed by atoms with E-state index in [1.807, 2.05) is 7.05 Å². The van der Waals surface area contributed by atoms with Crippen molar-refractivity contribution in [3.8, 4) is 0 Å². The van der Waals surface area contributed by atoms with Gasteiger partial charge in [0.1, 0.15) is 6.04 Å². The molecular weight excluding hydrogens is 240 g/mol. The number of carbonyl (C=O) groups is 1. The Kier molecular flexibility index (Phi) is 3.90. The molecule has 1 aromatic heterocycles. The number of hydrogen-bond donors (Lipinski definition) is 1. The maximum atomic E-state index is 11.6. The summed E-state index contributed by atoms with van der Waals surface area (Å²) >= 11 is 0. The Morgan fingerprint density at radius 2 is 2.16 bits per heavy atom. The zero-order valence-corrected chi connectivity index (χ0v) is 11.6. The number of hydrogen-bond acceptors (Lipinski definition) is 3. The quantitative estimate of drug-likeness (QED) is 0.854. The zero-order valence-electron chi connectivity index (χ0n) is 11.6. The van der Waals surface area contributed by atoms with Crippen LogP contribution in [0.2, 0.25) is 0 Å². The van der Waals surface area contributed by atoms with Crippen molar-refractivity contribution in [2.24, 2.45) is 12.8 Å². The minimum Gasteiger partial charge on any atom is -0.465 e. The summed E-state index contributed by atoms with van der Waals surface area (Å²) < 4.78 is 7.01. The number of nitrogens with two attached hydrogens (primary N) is 1. The lowest BCUT2D eigenvalue weighted by atomic mass is 10.1. The Bertz CT molecular complexity index is 601. The zero-order chi connectivity index (χ0) is 14.0. The molecule has 0 saturated carbocycles. The van der Waals surface area contributed by atoms with E-state index in [0.29, 0.717) is 13.0 Å². The van der Waals surface area contributed by atoms with Crippen molar-refractivity contribution in [1.82, 2.24) is 4.57 Å². The average molecular weight is 260 g/mol. The monoisotopic (exact) mass is 260 g/mol. The van der Waals surface area contributed by atoms with E-state index in [1.54, 1.807) is 6.92 Å². The summed E-state index contributed by atoms with van der Waals surface area (Å²) in [6, 6.07) is 7.78. The van der Waals surface area contributed by atoms with Crippen LogP contribution in [0.4, 0.5) is 0 Å². The van der Waals surface area contributed by atoms with Gasteiger partial charge in [-0.1, -0.05) is 11.6 Å². The molecule has 2 rings (SSSR count). The van der Waals surface area contributed by atoms with Gasteiger partial charge in [-0.05, 0) is 32.0 Å². The van der Waals surface area contributed by atoms with E-state index in [0.717, 1.165) is 11.2 Å². The predicted octanol–water partition coefficient (Wildman–Crippen LogP) is 1.92. The molecule has 0 spiro atoms. The number of rotatable bonds is 4. The first-order chi connectivity index (χ1) is 9.02. The molecule has 0 aliphatic heterocycles. The number of fused-ring (bicyclic) bond motifs is 1. The topological polar surface area (TPSA) is 57.2 Å². The molecule has 0 amide bonds. The SMILES string of the molecule is CCOC(=O)C(N)Cc1cc2cc(C)ccc2n1C. The molecule has 0 aliphatic carbocycles. The number of carbonyl (C=O) groups excluding carboxylic acids is 1. The van der Waals surface area contributed by atoms with Gasteiger partial charge in [0.05, 0.1) is 6.61 Å². The van der Waals surface area contributed by atoms with Gasteiger partial charge in [0.15, 0.2) is 0 Å². The molecule has 2 N–H and O–H groups in total. The molecule has 1 heterocycles. The maximum Gasteiger partial charge on any atom is 0.323 e. The largest absolute Gasteiger partial charge is 0.465 e. The highest BCUT2D eigenvalue weighted by Gasteiger charge is 2.17. The fourth-order valence-corrected chi connectivity index (χ4v) is 2.28. The molecule has 4 nitrogen and oxygen atoms in total. The first-order valence-corrected chi connectivity index (χ1v) is 6.50. The van der Waals surface area contributed by atoms with Crippen molar-refractivity contribution < 1.29 is 9.53 Å². The normalized spacial score (nSPS) is 12.6. The molecule has 0 fully saturated rings. The molecule has 0 saturated heterocycles. The summed E-state index contributed by atoms with van der Waals surface area (Å²) in [6.45, 7) is 4.21. The summed E-state index contributed by atoms with van der Waals surface area (Å²) in [4.78, 5) is 11.6. The van der Waals surface area contributed by atoms with Crippen LogP contribution in [0.5, 0.6) is 0 Å². The molecule has 4 heteroatoms. The third-order valence-corrected chi connectivity index (χ3v) is 3.32. The Morgan fingerprint density at radius 3 is 2.84 bits per heavy atom. The number of aromatic nitrogens is 1. The first-order valence-electron chi connectivity index (χ1n) is 6.50. The fourth-order valence-electron chi connectivity index (χ4n) is 2.28. The minimum absolute atomic E-state index is 0.344. The van der Waals surface area contributed by atoms with Gasteiger partial charge in [-0.3, -0.25) is 4.79 Å². The molecule has 0 bridgehead atoms. The van der Waals surface area contributed by atoms with Crippen LogP contribution < -0.4 is 5.73 Å². The molecule has 0 aliphatic rings. The van der Waals surface area contributed by atoms with Gasteiger partial charge in [0.25, 0.3) is 0 Å². The van der Waals surface area contributed by atoms with Crippen LogP contribution in [0, 0.1) is 6.92 Å². The van der Waals surface area contributed by atoms with E-state index >= 15 is 0 Å². The van der Waals surface area contributed by atoms with Gasteiger partial charge < -0.3 is 15.0 Å². The second kappa shape index (κ2) is 5.45. The fraction of sp³-hybridized carbons (Fsp3) is 0.400. The highest BCUT2D eigenvalue weighted by molar-refractivity contribution is 5.82. The average Bonchev–Trinajstić information content (AvgIpc) is 2.66. The number of benzene rings is 1. The van der Waals surface area contributed by atoms with Crippen LogP contribution in [-0.2, 0) is 23.0 Å². The van der Waals surface area contributed by atoms with Crippen molar-refractivity contribution in [3.63, 3.8) is 0 Å². The molecular formula is C15H20N2O2. The minimum atomic E-state index is -0.607.